The zero-order valence-electron chi connectivity index (χ0n) is 23.7. The van der Waals surface area contributed by atoms with Crippen molar-refractivity contribution >= 4 is 28.4 Å². The number of nitrogens with one attached hydrogen (secondary N) is 2. The number of H-pyrrole nitrogens is 1. The van der Waals surface area contributed by atoms with Gasteiger partial charge in [-0.05, 0) is 61.1 Å². The number of carbonyl (C=O) groups is 2. The van der Waals surface area contributed by atoms with E-state index in [1.807, 2.05) is 60.8 Å². The third-order valence-corrected chi connectivity index (χ3v) is 8.93. The number of rotatable bonds is 8. The Bertz CT molecular complexity index is 1440. The molecule has 1 aliphatic carbocycles. The summed E-state index contributed by atoms with van der Waals surface area (Å²) in [5.74, 6) is -0.0347. The van der Waals surface area contributed by atoms with Crippen LogP contribution in [-0.4, -0.2) is 51.8 Å². The van der Waals surface area contributed by atoms with Crippen LogP contribution in [0.1, 0.15) is 49.7 Å². The fraction of sp³-hybridized carbons (Fsp3) is 0.371. The van der Waals surface area contributed by atoms with Crippen molar-refractivity contribution in [2.45, 2.75) is 63.6 Å². The van der Waals surface area contributed by atoms with E-state index in [1.165, 1.54) is 5.56 Å². The summed E-state index contributed by atoms with van der Waals surface area (Å²) in [6, 6.07) is 28.7. The van der Waals surface area contributed by atoms with Gasteiger partial charge in [-0.3, -0.25) is 14.5 Å². The van der Waals surface area contributed by atoms with Crippen molar-refractivity contribution in [1.82, 2.24) is 14.8 Å². The number of amides is 2. The quantitative estimate of drug-likeness (QED) is 0.268. The minimum absolute atomic E-state index is 0.0311. The molecule has 2 amide bonds. The van der Waals surface area contributed by atoms with E-state index < -0.39 is 0 Å². The average Bonchev–Trinajstić information content (AvgIpc) is 3.48. The highest BCUT2D eigenvalue weighted by molar-refractivity contribution is 5.96. The first kappa shape index (κ1) is 27.3. The highest BCUT2D eigenvalue weighted by Crippen LogP contribution is 2.34. The number of anilines is 1. The number of nitrogens with zero attached hydrogens (tertiary/aromatic N) is 2. The Morgan fingerprint density at radius 1 is 0.829 bits per heavy atom. The fourth-order valence-corrected chi connectivity index (χ4v) is 6.83. The fourth-order valence-electron chi connectivity index (χ4n) is 6.83. The molecule has 2 fully saturated rings. The number of hydrogen-bond donors (Lipinski definition) is 2. The van der Waals surface area contributed by atoms with Crippen LogP contribution in [0, 0.1) is 5.92 Å². The third kappa shape index (κ3) is 6.54. The van der Waals surface area contributed by atoms with Crippen LogP contribution in [0.15, 0.2) is 91.1 Å². The molecule has 1 saturated heterocycles. The van der Waals surface area contributed by atoms with Gasteiger partial charge in [0.2, 0.25) is 11.8 Å². The lowest BCUT2D eigenvalue weighted by molar-refractivity contribution is -0.141. The van der Waals surface area contributed by atoms with Crippen LogP contribution < -0.4 is 5.32 Å². The van der Waals surface area contributed by atoms with Crippen LogP contribution in [0.2, 0.25) is 0 Å². The lowest BCUT2D eigenvalue weighted by atomic mass is 9.81. The second kappa shape index (κ2) is 12.7. The number of aromatic amines is 1. The molecule has 6 nitrogen and oxygen atoms in total. The summed E-state index contributed by atoms with van der Waals surface area (Å²) < 4.78 is 0. The molecular formula is C35H40N4O2. The molecule has 2 unspecified atom stereocenters. The van der Waals surface area contributed by atoms with Crippen molar-refractivity contribution in [3.8, 4) is 0 Å². The Kier molecular flexibility index (Phi) is 8.47. The maximum absolute atomic E-state index is 14.1. The van der Waals surface area contributed by atoms with Crippen molar-refractivity contribution < 1.29 is 9.59 Å². The number of hydrogen-bond acceptors (Lipinski definition) is 3. The Balaban J connectivity index is 1.20. The molecule has 6 heteroatoms. The molecule has 0 radical (unpaired) electrons. The largest absolute Gasteiger partial charge is 0.361 e. The molecule has 1 aromatic heterocycles. The first-order chi connectivity index (χ1) is 20.1. The number of aromatic nitrogens is 1. The van der Waals surface area contributed by atoms with Crippen molar-refractivity contribution in [2.75, 3.05) is 18.4 Å². The summed E-state index contributed by atoms with van der Waals surface area (Å²) in [7, 11) is 0. The topological polar surface area (TPSA) is 68.4 Å². The van der Waals surface area contributed by atoms with Gasteiger partial charge in [0.15, 0.2) is 0 Å². The van der Waals surface area contributed by atoms with Crippen LogP contribution in [0.25, 0.3) is 10.9 Å². The smallest absolute Gasteiger partial charge is 0.229 e. The average molecular weight is 549 g/mol. The monoisotopic (exact) mass is 548 g/mol. The predicted molar refractivity (Wildman–Crippen MR) is 164 cm³/mol. The predicted octanol–water partition coefficient (Wildman–Crippen LogP) is 6.40. The molecule has 2 aliphatic rings. The van der Waals surface area contributed by atoms with E-state index in [-0.39, 0.29) is 29.8 Å². The molecule has 4 aromatic rings. The van der Waals surface area contributed by atoms with Gasteiger partial charge in [0, 0.05) is 54.5 Å². The van der Waals surface area contributed by atoms with Crippen molar-refractivity contribution in [2.24, 2.45) is 5.92 Å². The number of carbonyl (C=O) groups excluding carboxylic acids is 2. The summed E-state index contributed by atoms with van der Waals surface area (Å²) in [4.78, 5) is 35.8. The van der Waals surface area contributed by atoms with E-state index in [0.29, 0.717) is 6.42 Å². The normalized spacial score (nSPS) is 20.1. The van der Waals surface area contributed by atoms with Gasteiger partial charge >= 0.3 is 0 Å². The Labute approximate surface area is 242 Å². The summed E-state index contributed by atoms with van der Waals surface area (Å²) in [6.07, 6.45) is 7.90. The third-order valence-electron chi connectivity index (χ3n) is 8.93. The van der Waals surface area contributed by atoms with Crippen molar-refractivity contribution in [1.29, 1.82) is 0 Å². The zero-order chi connectivity index (χ0) is 28.0. The molecule has 2 heterocycles. The van der Waals surface area contributed by atoms with E-state index >= 15 is 0 Å². The highest BCUT2D eigenvalue weighted by Gasteiger charge is 2.41. The van der Waals surface area contributed by atoms with Crippen LogP contribution >= 0.6 is 0 Å². The molecule has 41 heavy (non-hydrogen) atoms. The van der Waals surface area contributed by atoms with Gasteiger partial charge in [-0.1, -0.05) is 73.5 Å². The molecule has 0 spiro atoms. The van der Waals surface area contributed by atoms with Gasteiger partial charge in [-0.2, -0.15) is 0 Å². The standard InChI is InChI=1S/C35H40N4O2/c40-34(23-26-9-3-1-4-10-26)39(30-18-21-38(22-19-30)25-27-11-5-2-6-12-27)33-14-8-7-13-31(33)35(41)37-29-15-16-32-28(24-29)17-20-36-32/h1-6,9-12,15-17,20,24,30-31,33,36H,7-8,13-14,18-19,21-23,25H2,(H,37,41). The van der Waals surface area contributed by atoms with Crippen molar-refractivity contribution in [3.05, 3.63) is 102 Å². The number of likely N-dealkylation sites (tertiary alicyclic amines) is 1. The summed E-state index contributed by atoms with van der Waals surface area (Å²) >= 11 is 0. The molecule has 1 aliphatic heterocycles. The summed E-state index contributed by atoms with van der Waals surface area (Å²) in [6.45, 7) is 2.84. The van der Waals surface area contributed by atoms with Crippen LogP contribution in [0.5, 0.6) is 0 Å². The summed E-state index contributed by atoms with van der Waals surface area (Å²) in [5.41, 5.74) is 4.21. The number of fused-ring (bicyclic) bond motifs is 1. The highest BCUT2D eigenvalue weighted by atomic mass is 16.2. The lowest BCUT2D eigenvalue weighted by Crippen LogP contribution is -2.56. The van der Waals surface area contributed by atoms with Gasteiger partial charge in [0.25, 0.3) is 0 Å². The van der Waals surface area contributed by atoms with Gasteiger partial charge in [0.1, 0.15) is 0 Å². The number of benzene rings is 3. The van der Waals surface area contributed by atoms with Gasteiger partial charge in [0.05, 0.1) is 12.3 Å². The first-order valence-electron chi connectivity index (χ1n) is 15.1. The molecular weight excluding hydrogens is 508 g/mol. The Hall–Kier alpha value is -3.90. The molecule has 2 N–H and O–H groups in total. The van der Waals surface area contributed by atoms with Crippen molar-refractivity contribution in [3.63, 3.8) is 0 Å². The molecule has 0 bridgehead atoms. The SMILES string of the molecule is O=C(Nc1ccc2[nH]ccc2c1)C1CCCCC1N(C(=O)Cc1ccccc1)C1CCN(Cc2ccccc2)CC1. The molecule has 6 rings (SSSR count). The molecule has 3 aromatic carbocycles. The van der Waals surface area contributed by atoms with E-state index in [4.69, 9.17) is 0 Å². The molecule has 2 atom stereocenters. The summed E-state index contributed by atoms with van der Waals surface area (Å²) in [5, 5.41) is 4.28. The maximum Gasteiger partial charge on any atom is 0.229 e. The molecule has 212 valence electrons. The zero-order valence-corrected chi connectivity index (χ0v) is 23.7. The minimum atomic E-state index is -0.215. The van der Waals surface area contributed by atoms with Crippen LogP contribution in [0.3, 0.4) is 0 Å². The Morgan fingerprint density at radius 3 is 2.29 bits per heavy atom. The van der Waals surface area contributed by atoms with E-state index in [9.17, 15) is 9.59 Å². The lowest BCUT2D eigenvalue weighted by Gasteiger charge is -2.46. The van der Waals surface area contributed by atoms with Crippen LogP contribution in [-0.2, 0) is 22.6 Å². The second-order valence-electron chi connectivity index (χ2n) is 11.7. The minimum Gasteiger partial charge on any atom is -0.361 e. The maximum atomic E-state index is 14.1. The van der Waals surface area contributed by atoms with Gasteiger partial charge in [-0.15, -0.1) is 0 Å². The van der Waals surface area contributed by atoms with E-state index in [2.05, 4.69) is 50.4 Å². The van der Waals surface area contributed by atoms with Gasteiger partial charge in [-0.25, -0.2) is 0 Å². The van der Waals surface area contributed by atoms with E-state index in [0.717, 1.165) is 80.3 Å². The number of piperidine rings is 1. The Morgan fingerprint density at radius 2 is 1.54 bits per heavy atom. The molecule has 1 saturated carbocycles. The first-order valence-corrected chi connectivity index (χ1v) is 15.1. The van der Waals surface area contributed by atoms with Gasteiger partial charge < -0.3 is 15.2 Å². The van der Waals surface area contributed by atoms with E-state index in [1.54, 1.807) is 0 Å². The second-order valence-corrected chi connectivity index (χ2v) is 11.7. The van der Waals surface area contributed by atoms with Crippen LogP contribution in [0.4, 0.5) is 5.69 Å².